The lowest BCUT2D eigenvalue weighted by Crippen LogP contribution is -2.72. The summed E-state index contributed by atoms with van der Waals surface area (Å²) in [4.78, 5) is 46.5. The molecule has 24 heavy (non-hydrogen) atoms. The van der Waals surface area contributed by atoms with Gasteiger partial charge in [0.05, 0.1) is 6.61 Å². The Bertz CT molecular complexity index is 530. The zero-order chi connectivity index (χ0) is 18.7. The quantitative estimate of drug-likeness (QED) is 0.442. The highest BCUT2D eigenvalue weighted by Gasteiger charge is 2.64. The highest BCUT2D eigenvalue weighted by Crippen LogP contribution is 2.37. The number of ether oxygens (including phenoxy) is 4. The van der Waals surface area contributed by atoms with Crippen molar-refractivity contribution < 1.29 is 48.3 Å². The van der Waals surface area contributed by atoms with E-state index in [1.165, 1.54) is 0 Å². The highest BCUT2D eigenvalue weighted by molar-refractivity contribution is 5.90. The van der Waals surface area contributed by atoms with E-state index in [1.807, 2.05) is 0 Å². The summed E-state index contributed by atoms with van der Waals surface area (Å²) in [7, 11) is 0. The zero-order valence-corrected chi connectivity index (χ0v) is 13.7. The molecule has 0 aliphatic carbocycles. The molecule has 1 heterocycles. The summed E-state index contributed by atoms with van der Waals surface area (Å²) in [5.74, 6) is -3.50. The molecule has 5 atom stereocenters. The van der Waals surface area contributed by atoms with Gasteiger partial charge in [-0.15, -0.1) is 0 Å². The van der Waals surface area contributed by atoms with Gasteiger partial charge in [0.15, 0.2) is 24.3 Å². The normalized spacial score (nSPS) is 32.6. The average molecular weight is 348 g/mol. The molecule has 0 saturated carbocycles. The summed E-state index contributed by atoms with van der Waals surface area (Å²) >= 11 is 0. The minimum absolute atomic E-state index is 0.827. The largest absolute Gasteiger partial charge is 0.453 e. The third-order valence-electron chi connectivity index (χ3n) is 3.41. The molecule has 2 N–H and O–H groups in total. The fourth-order valence-electron chi connectivity index (χ4n) is 2.61. The number of ketones is 1. The summed E-state index contributed by atoms with van der Waals surface area (Å²) in [5, 5.41) is 19.5. The van der Waals surface area contributed by atoms with Crippen molar-refractivity contribution in [2.24, 2.45) is 0 Å². The van der Waals surface area contributed by atoms with Crippen molar-refractivity contribution in [3.8, 4) is 0 Å². The maximum absolute atomic E-state index is 12.3. The Balaban J connectivity index is 3.51. The first-order valence-corrected chi connectivity index (χ1v) is 7.05. The maximum atomic E-state index is 12.3. The third kappa shape index (κ3) is 3.89. The monoisotopic (exact) mass is 348 g/mol. The van der Waals surface area contributed by atoms with E-state index in [-0.39, 0.29) is 0 Å². The van der Waals surface area contributed by atoms with Gasteiger partial charge in [-0.05, 0) is 6.92 Å². The minimum atomic E-state index is -2.29. The third-order valence-corrected chi connectivity index (χ3v) is 3.41. The summed E-state index contributed by atoms with van der Waals surface area (Å²) in [6, 6.07) is 0. The fraction of sp³-hybridized carbons (Fsp3) is 0.714. The smallest absolute Gasteiger partial charge is 0.303 e. The van der Waals surface area contributed by atoms with Crippen LogP contribution in [0.2, 0.25) is 0 Å². The van der Waals surface area contributed by atoms with Crippen molar-refractivity contribution in [3.63, 3.8) is 0 Å². The first-order valence-electron chi connectivity index (χ1n) is 7.05. The van der Waals surface area contributed by atoms with Crippen molar-refractivity contribution in [3.05, 3.63) is 0 Å². The Morgan fingerprint density at radius 2 is 1.54 bits per heavy atom. The molecule has 0 bridgehead atoms. The molecule has 1 rings (SSSR count). The predicted octanol–water partition coefficient (Wildman–Crippen LogP) is -1.55. The molecule has 0 spiro atoms. The summed E-state index contributed by atoms with van der Waals surface area (Å²) in [6.45, 7) is 3.22. The first-order chi connectivity index (χ1) is 11.1. The van der Waals surface area contributed by atoms with E-state index in [9.17, 15) is 29.4 Å². The van der Waals surface area contributed by atoms with Crippen LogP contribution in [0.25, 0.3) is 0 Å². The van der Waals surface area contributed by atoms with Crippen molar-refractivity contribution in [1.82, 2.24) is 0 Å². The zero-order valence-electron chi connectivity index (χ0n) is 13.7. The lowest BCUT2D eigenvalue weighted by Gasteiger charge is -2.49. The van der Waals surface area contributed by atoms with Gasteiger partial charge in [0, 0.05) is 20.8 Å². The van der Waals surface area contributed by atoms with E-state index in [4.69, 9.17) is 18.9 Å². The molecule has 0 unspecified atom stereocenters. The molecule has 1 saturated heterocycles. The van der Waals surface area contributed by atoms with E-state index in [2.05, 4.69) is 0 Å². The van der Waals surface area contributed by atoms with Crippen LogP contribution in [-0.4, -0.2) is 70.7 Å². The van der Waals surface area contributed by atoms with Crippen LogP contribution < -0.4 is 0 Å². The number of aliphatic hydroxyl groups is 2. The van der Waals surface area contributed by atoms with Gasteiger partial charge >= 0.3 is 17.9 Å². The highest BCUT2D eigenvalue weighted by atomic mass is 16.7. The van der Waals surface area contributed by atoms with Crippen molar-refractivity contribution in [1.29, 1.82) is 0 Å². The van der Waals surface area contributed by atoms with E-state index in [0.29, 0.717) is 0 Å². The summed E-state index contributed by atoms with van der Waals surface area (Å²) < 4.78 is 20.0. The Kier molecular flexibility index (Phi) is 6.41. The second-order valence-corrected chi connectivity index (χ2v) is 5.24. The minimum Gasteiger partial charge on any atom is -0.453 e. The molecule has 10 heteroatoms. The maximum Gasteiger partial charge on any atom is 0.303 e. The Morgan fingerprint density at radius 1 is 1.00 bits per heavy atom. The van der Waals surface area contributed by atoms with Gasteiger partial charge in [-0.2, -0.15) is 0 Å². The van der Waals surface area contributed by atoms with E-state index in [0.717, 1.165) is 27.7 Å². The van der Waals surface area contributed by atoms with Crippen LogP contribution in [0.3, 0.4) is 0 Å². The molecule has 0 aromatic carbocycles. The summed E-state index contributed by atoms with van der Waals surface area (Å²) in [6.07, 6.45) is -6.71. The van der Waals surface area contributed by atoms with Crippen LogP contribution in [0.15, 0.2) is 0 Å². The number of hydrogen-bond acceptors (Lipinski definition) is 10. The number of Topliss-reactive ketones (excluding diaryl/α,β-unsaturated/α-hetero) is 1. The fourth-order valence-corrected chi connectivity index (χ4v) is 2.61. The molecular weight excluding hydrogens is 328 g/mol. The molecule has 136 valence electrons. The molecule has 0 aromatic heterocycles. The SMILES string of the molecule is CC(=O)O[C@@H]1[C@@H](OC(C)=O)[C@@](OC(C)=O)(C(C)=O)[C@@H](CO)O[C@@H]1O. The van der Waals surface area contributed by atoms with Crippen molar-refractivity contribution >= 4 is 23.7 Å². The molecule has 1 aliphatic heterocycles. The van der Waals surface area contributed by atoms with E-state index >= 15 is 0 Å². The number of hydrogen-bond donors (Lipinski definition) is 2. The molecule has 1 fully saturated rings. The lowest BCUT2D eigenvalue weighted by atomic mass is 9.80. The lowest BCUT2D eigenvalue weighted by molar-refractivity contribution is -0.317. The molecule has 0 radical (unpaired) electrons. The number of carbonyl (C=O) groups is 4. The van der Waals surface area contributed by atoms with Crippen LogP contribution in [0, 0.1) is 0 Å². The molecule has 10 nitrogen and oxygen atoms in total. The summed E-state index contributed by atoms with van der Waals surface area (Å²) in [5.41, 5.74) is -2.29. The molecule has 0 amide bonds. The van der Waals surface area contributed by atoms with E-state index < -0.39 is 60.5 Å². The van der Waals surface area contributed by atoms with Crippen molar-refractivity contribution in [2.75, 3.05) is 6.61 Å². The number of aliphatic hydroxyl groups excluding tert-OH is 2. The molecular formula is C14H20O10. The van der Waals surface area contributed by atoms with Gasteiger partial charge in [0.25, 0.3) is 0 Å². The first kappa shape index (κ1) is 20.0. The van der Waals surface area contributed by atoms with Gasteiger partial charge in [-0.1, -0.05) is 0 Å². The van der Waals surface area contributed by atoms with Crippen LogP contribution >= 0.6 is 0 Å². The van der Waals surface area contributed by atoms with Crippen LogP contribution in [0.4, 0.5) is 0 Å². The molecule has 1 aliphatic rings. The van der Waals surface area contributed by atoms with Gasteiger partial charge in [0.1, 0.15) is 6.10 Å². The predicted molar refractivity (Wildman–Crippen MR) is 74.3 cm³/mol. The topological polar surface area (TPSA) is 146 Å². The van der Waals surface area contributed by atoms with Crippen LogP contribution in [-0.2, 0) is 38.1 Å². The Labute approximate surface area is 137 Å². The Morgan fingerprint density at radius 3 is 1.92 bits per heavy atom. The number of rotatable bonds is 5. The average Bonchev–Trinajstić information content (AvgIpc) is 2.43. The number of carbonyl (C=O) groups excluding carboxylic acids is 4. The second kappa shape index (κ2) is 7.69. The van der Waals surface area contributed by atoms with E-state index in [1.54, 1.807) is 0 Å². The Hall–Kier alpha value is -2.04. The number of esters is 3. The van der Waals surface area contributed by atoms with Gasteiger partial charge in [0.2, 0.25) is 5.60 Å². The second-order valence-electron chi connectivity index (χ2n) is 5.24. The van der Waals surface area contributed by atoms with Gasteiger partial charge in [-0.25, -0.2) is 0 Å². The van der Waals surface area contributed by atoms with Crippen LogP contribution in [0.1, 0.15) is 27.7 Å². The van der Waals surface area contributed by atoms with Crippen LogP contribution in [0.5, 0.6) is 0 Å². The van der Waals surface area contributed by atoms with Gasteiger partial charge in [-0.3, -0.25) is 19.2 Å². The van der Waals surface area contributed by atoms with Gasteiger partial charge < -0.3 is 29.2 Å². The molecule has 0 aromatic rings. The van der Waals surface area contributed by atoms with Crippen molar-refractivity contribution in [2.45, 2.75) is 57.9 Å². The standard InChI is InChI=1S/C14H20O10/c1-6(16)14(24-9(4)19)10(5-15)23-13(20)11(21-7(2)17)12(14)22-8(3)18/h10-13,15,20H,5H2,1-4H3/t10-,11-,12-,13+,14-/m1/s1.